The van der Waals surface area contributed by atoms with Crippen molar-refractivity contribution in [3.8, 4) is 0 Å². The Bertz CT molecular complexity index is 3120. The summed E-state index contributed by atoms with van der Waals surface area (Å²) in [6.45, 7) is 31.8. The molecule has 10 bridgehead atoms. The zero-order chi connectivity index (χ0) is 72.7. The van der Waals surface area contributed by atoms with Gasteiger partial charge in [0.15, 0.2) is 55.4 Å². The van der Waals surface area contributed by atoms with E-state index in [2.05, 4.69) is 4.74 Å². The maximum Gasteiger partial charge on any atom is 0.509 e. The van der Waals surface area contributed by atoms with Crippen LogP contribution < -0.4 is 0 Å². The average Bonchev–Trinajstić information content (AvgIpc) is 1.58. The first-order valence-electron chi connectivity index (χ1n) is 35.3. The number of ether oxygens (including phenoxy) is 16. The molecule has 27 nitrogen and oxygen atoms in total. The van der Waals surface area contributed by atoms with E-state index >= 15 is 0 Å². The maximum atomic E-state index is 12.2. The Morgan fingerprint density at radius 2 is 0.939 bits per heavy atom. The molecule has 0 aliphatic carbocycles. The molecule has 15 saturated heterocycles. The van der Waals surface area contributed by atoms with E-state index in [1.165, 1.54) is 20.0 Å². The second-order valence-corrected chi connectivity index (χ2v) is 33.6. The smallest absolute Gasteiger partial charge is 0.469 e. The summed E-state index contributed by atoms with van der Waals surface area (Å²) < 4.78 is 85.7. The number of thioether (sulfide) groups is 1. The van der Waals surface area contributed by atoms with Crippen molar-refractivity contribution in [2.75, 3.05) is 20.3 Å². The third kappa shape index (κ3) is 14.3. The first-order chi connectivity index (χ1) is 46.3. The van der Waals surface area contributed by atoms with Crippen LogP contribution in [-0.4, -0.2) is 200 Å². The van der Waals surface area contributed by atoms with Gasteiger partial charge in [0.1, 0.15) is 49.3 Å². The minimum atomic E-state index is -0.652. The fourth-order valence-corrected chi connectivity index (χ4v) is 16.7. The Labute approximate surface area is 582 Å². The SMILES string of the molecule is CCC(C)(C)C(=O)OC.CCC(C)(C)C(=O)OC1C2CC3(C)C(=O)OC1C3O2.CCC(C)(C)C(=O)OC1C2OC3C1OC(=O)C3C2C.CCC(C)(C)C(=O)OCC(=O)OC1C2CC3C(=O)OC1C3O2.CCC(C)(C)C(=O)OCC1C2CC3C(=O)OC1C3O2.O=C1OC2C3CCC(S3)C2O1. The molecule has 25 unspecified atom stereocenters. The molecule has 25 atom stereocenters. The highest BCUT2D eigenvalue weighted by Gasteiger charge is 2.72. The highest BCUT2D eigenvalue weighted by Crippen LogP contribution is 2.57. The largest absolute Gasteiger partial charge is 0.509 e. The molecule has 28 heteroatoms. The summed E-state index contributed by atoms with van der Waals surface area (Å²) in [6.07, 6.45) is 2.77. The molecule has 0 aromatic heterocycles. The van der Waals surface area contributed by atoms with Gasteiger partial charge in [0.2, 0.25) is 0 Å². The number of methoxy groups -OCH3 is 1. The van der Waals surface area contributed by atoms with Crippen LogP contribution in [-0.2, 0) is 124 Å². The molecule has 0 aromatic carbocycles. The fraction of sp³-hybridized carbons (Fsp3) is 0.845. The van der Waals surface area contributed by atoms with Gasteiger partial charge in [-0.2, -0.15) is 0 Å². The minimum Gasteiger partial charge on any atom is -0.469 e. The quantitative estimate of drug-likeness (QED) is 0.101. The lowest BCUT2D eigenvalue weighted by Gasteiger charge is -2.29. The first-order valence-corrected chi connectivity index (χ1v) is 36.3. The Morgan fingerprint density at radius 1 is 0.475 bits per heavy atom. The Kier molecular flexibility index (Phi) is 21.8. The number of fused-ring (bicyclic) bond motifs is 9. The van der Waals surface area contributed by atoms with E-state index in [1.54, 1.807) is 13.8 Å². The van der Waals surface area contributed by atoms with Gasteiger partial charge >= 0.3 is 65.8 Å². The lowest BCUT2D eigenvalue weighted by Crippen LogP contribution is -2.45. The van der Waals surface area contributed by atoms with Gasteiger partial charge in [0, 0.05) is 16.4 Å². The molecular formula is C71H102O27S. The Hall–Kier alpha value is -5.84. The van der Waals surface area contributed by atoms with Crippen LogP contribution in [0.5, 0.6) is 0 Å². The van der Waals surface area contributed by atoms with Crippen LogP contribution in [0.1, 0.15) is 182 Å². The van der Waals surface area contributed by atoms with Crippen LogP contribution in [0, 0.1) is 62.1 Å². The van der Waals surface area contributed by atoms with E-state index in [0.717, 1.165) is 12.8 Å². The molecular weight excluding hydrogens is 1320 g/mol. The second kappa shape index (κ2) is 28.4. The van der Waals surface area contributed by atoms with Crippen LogP contribution in [0.2, 0.25) is 0 Å². The molecule has 15 aliphatic heterocycles. The number of hydrogen-bond donors (Lipinski definition) is 0. The van der Waals surface area contributed by atoms with E-state index in [0.29, 0.717) is 49.0 Å². The summed E-state index contributed by atoms with van der Waals surface area (Å²) in [5.74, 6) is -3.23. The van der Waals surface area contributed by atoms with Gasteiger partial charge < -0.3 is 75.8 Å². The van der Waals surface area contributed by atoms with Gasteiger partial charge in [-0.1, -0.05) is 41.5 Å². The standard InChI is InChI=1S/C15H20O7.3C14H20O5.C7H8O3S.C7H14O2/c1-4-15(2,3)14(18)19-6-9(16)21-11-8-5-7-10(20-8)12(11)22-13(7)17;1-5-13(2,3)11(15)18-8-7-6-14(4)10(17-7)9(8)19-12(14)16;1-5-14(3,4)13(16)19-10-8-6(2)7-9(17-8)11(10)18-12(7)15;1-4-14(2,3)13(16)17-6-8-9-5-7-10(18-9)11(8)19-12(7)15;8-7-9-5-3-1-2-4(11-3)6(5)10-7;1-5-7(2,3)6(8)9-4/h7-8,10-12H,4-6H2,1-3H3;7-10H,5-6H2,1-4H3;6-11H,5H2,1-4H3;7-11H,4-6H2,1-3H3;3-6H,1-2H2;5H2,1-4H3. The lowest BCUT2D eigenvalue weighted by molar-refractivity contribution is -0.172. The van der Waals surface area contributed by atoms with Gasteiger partial charge in [0.05, 0.1) is 75.5 Å². The predicted molar refractivity (Wildman–Crippen MR) is 343 cm³/mol. The van der Waals surface area contributed by atoms with Crippen molar-refractivity contribution < 1.29 is 129 Å². The number of carbonyl (C=O) groups excluding carboxylic acids is 11. The van der Waals surface area contributed by atoms with Crippen LogP contribution in [0.25, 0.3) is 0 Å². The van der Waals surface area contributed by atoms with Gasteiger partial charge in [0.25, 0.3) is 0 Å². The monoisotopic (exact) mass is 1420 g/mol. The van der Waals surface area contributed by atoms with Gasteiger partial charge in [-0.25, -0.2) is 9.59 Å². The van der Waals surface area contributed by atoms with E-state index in [1.807, 2.05) is 116 Å². The van der Waals surface area contributed by atoms with Crippen molar-refractivity contribution in [3.05, 3.63) is 0 Å². The Morgan fingerprint density at radius 3 is 1.48 bits per heavy atom. The highest BCUT2D eigenvalue weighted by molar-refractivity contribution is 8.01. The van der Waals surface area contributed by atoms with Crippen molar-refractivity contribution in [1.82, 2.24) is 0 Å². The topological polar surface area (TPSA) is 335 Å². The van der Waals surface area contributed by atoms with Crippen molar-refractivity contribution in [2.45, 2.75) is 296 Å². The van der Waals surface area contributed by atoms with Crippen LogP contribution in [0.4, 0.5) is 4.79 Å². The molecule has 15 rings (SSSR count). The molecule has 15 heterocycles. The second-order valence-electron chi connectivity index (χ2n) is 32.1. The predicted octanol–water partition coefficient (Wildman–Crippen LogP) is 7.38. The molecule has 15 fully saturated rings. The molecule has 0 radical (unpaired) electrons. The number of hydrogen-bond acceptors (Lipinski definition) is 28. The number of esters is 10. The third-order valence-corrected chi connectivity index (χ3v) is 25.5. The summed E-state index contributed by atoms with van der Waals surface area (Å²) in [5, 5.41) is 1.05. The average molecular weight is 1420 g/mol. The summed E-state index contributed by atoms with van der Waals surface area (Å²) in [5.41, 5.74) is -2.99. The summed E-state index contributed by atoms with van der Waals surface area (Å²) in [7, 11) is 1.42. The van der Waals surface area contributed by atoms with E-state index in [-0.39, 0.29) is 157 Å². The van der Waals surface area contributed by atoms with Gasteiger partial charge in [-0.15, -0.1) is 11.8 Å². The van der Waals surface area contributed by atoms with Crippen molar-refractivity contribution in [2.24, 2.45) is 62.1 Å². The van der Waals surface area contributed by atoms with Crippen LogP contribution in [0.3, 0.4) is 0 Å². The zero-order valence-corrected chi connectivity index (χ0v) is 61.1. The molecule has 0 saturated carbocycles. The van der Waals surface area contributed by atoms with Crippen LogP contribution in [0.15, 0.2) is 0 Å². The number of rotatable bonds is 17. The summed E-state index contributed by atoms with van der Waals surface area (Å²) in [4.78, 5) is 128. The Balaban J connectivity index is 0.000000131. The molecule has 0 amide bonds. The van der Waals surface area contributed by atoms with E-state index in [4.69, 9.17) is 71.1 Å². The van der Waals surface area contributed by atoms with E-state index in [9.17, 15) is 52.7 Å². The normalized spacial score (nSPS) is 38.9. The summed E-state index contributed by atoms with van der Waals surface area (Å²) >= 11 is 1.92. The number of carbonyl (C=O) groups is 11. The van der Waals surface area contributed by atoms with Gasteiger partial charge in [-0.3, -0.25) is 43.2 Å². The molecule has 15 aliphatic rings. The molecule has 0 spiro atoms. The molecule has 0 aromatic rings. The van der Waals surface area contributed by atoms with Crippen molar-refractivity contribution in [3.63, 3.8) is 0 Å². The van der Waals surface area contributed by atoms with Crippen molar-refractivity contribution in [1.29, 1.82) is 0 Å². The minimum absolute atomic E-state index is 0.00369. The van der Waals surface area contributed by atoms with Crippen molar-refractivity contribution >= 4 is 77.6 Å². The maximum absolute atomic E-state index is 12.2. The summed E-state index contributed by atoms with van der Waals surface area (Å²) in [6, 6.07) is 0. The zero-order valence-electron chi connectivity index (χ0n) is 60.3. The molecule has 99 heavy (non-hydrogen) atoms. The molecule has 554 valence electrons. The third-order valence-electron chi connectivity index (χ3n) is 23.8. The first kappa shape index (κ1) is 75.8. The van der Waals surface area contributed by atoms with Gasteiger partial charge in [-0.05, 0) is 140 Å². The van der Waals surface area contributed by atoms with E-state index < -0.39 is 88.4 Å². The molecule has 0 N–H and O–H groups in total. The highest BCUT2D eigenvalue weighted by atomic mass is 32.2. The lowest BCUT2D eigenvalue weighted by atomic mass is 9.75. The fourth-order valence-electron chi connectivity index (χ4n) is 15.0. The van der Waals surface area contributed by atoms with Crippen LogP contribution >= 0.6 is 11.8 Å².